The maximum Gasteiger partial charge on any atom is 0.340 e. The highest BCUT2D eigenvalue weighted by Crippen LogP contribution is 2.22. The van der Waals surface area contributed by atoms with E-state index < -0.39 is 0 Å². The Morgan fingerprint density at radius 3 is 2.70 bits per heavy atom. The lowest BCUT2D eigenvalue weighted by atomic mass is 9.90. The van der Waals surface area contributed by atoms with Gasteiger partial charge in [0.15, 0.2) is 0 Å². The van der Waals surface area contributed by atoms with Crippen LogP contribution in [0.5, 0.6) is 0 Å². The van der Waals surface area contributed by atoms with E-state index in [2.05, 4.69) is 24.1 Å². The Morgan fingerprint density at radius 1 is 1.25 bits per heavy atom. The van der Waals surface area contributed by atoms with E-state index in [9.17, 15) is 4.79 Å². The maximum atomic E-state index is 12.2. The van der Waals surface area contributed by atoms with E-state index in [1.807, 2.05) is 11.1 Å². The second-order valence-electron chi connectivity index (χ2n) is 6.21. The molecule has 1 saturated heterocycles. The predicted octanol–water partition coefficient (Wildman–Crippen LogP) is 2.24. The second kappa shape index (κ2) is 7.62. The third-order valence-corrected chi connectivity index (χ3v) is 4.17. The Morgan fingerprint density at radius 2 is 2.00 bits per heavy atom. The molecule has 5 heteroatoms. The van der Waals surface area contributed by atoms with E-state index in [0.29, 0.717) is 5.92 Å². The van der Waals surface area contributed by atoms with Crippen molar-refractivity contribution in [3.8, 4) is 0 Å². The summed E-state index contributed by atoms with van der Waals surface area (Å²) >= 11 is 0. The molecule has 0 unspecified atom stereocenters. The summed E-state index contributed by atoms with van der Waals surface area (Å²) in [5, 5.41) is 6.07. The van der Waals surface area contributed by atoms with Gasteiger partial charge in [-0.05, 0) is 45.8 Å². The number of urea groups is 1. The van der Waals surface area contributed by atoms with Gasteiger partial charge in [-0.2, -0.15) is 5.10 Å². The van der Waals surface area contributed by atoms with Crippen molar-refractivity contribution in [3.63, 3.8) is 0 Å². The number of amides is 2. The summed E-state index contributed by atoms with van der Waals surface area (Å²) in [7, 11) is 4.12. The van der Waals surface area contributed by atoms with Crippen molar-refractivity contribution in [3.05, 3.63) is 0 Å². The lowest BCUT2D eigenvalue weighted by Crippen LogP contribution is -2.31. The average molecular weight is 280 g/mol. The molecule has 2 amide bonds. The van der Waals surface area contributed by atoms with E-state index in [0.717, 1.165) is 32.6 Å². The van der Waals surface area contributed by atoms with Crippen molar-refractivity contribution >= 4 is 12.2 Å². The molecule has 114 valence electrons. The van der Waals surface area contributed by atoms with E-state index >= 15 is 0 Å². The molecule has 0 N–H and O–H groups in total. The van der Waals surface area contributed by atoms with Crippen LogP contribution in [-0.2, 0) is 0 Å². The van der Waals surface area contributed by atoms with Crippen LogP contribution in [0.15, 0.2) is 5.10 Å². The standard InChI is InChI=1S/C15H28N4O/c1-17(2)9-6-10-18-11-12-19(15(18)20)16-13-14-7-4-3-5-8-14/h13-14H,3-12H2,1-2H3/b16-13+. The zero-order valence-electron chi connectivity index (χ0n) is 12.9. The number of hydrogen-bond donors (Lipinski definition) is 0. The van der Waals surface area contributed by atoms with Gasteiger partial charge in [0.05, 0.1) is 6.54 Å². The van der Waals surface area contributed by atoms with Crippen molar-refractivity contribution in [2.75, 3.05) is 40.3 Å². The highest BCUT2D eigenvalue weighted by molar-refractivity contribution is 5.77. The van der Waals surface area contributed by atoms with Gasteiger partial charge in [-0.25, -0.2) is 9.80 Å². The van der Waals surface area contributed by atoms with Crippen molar-refractivity contribution < 1.29 is 4.79 Å². The van der Waals surface area contributed by atoms with Crippen molar-refractivity contribution in [1.82, 2.24) is 14.8 Å². The molecule has 0 aromatic heterocycles. The topological polar surface area (TPSA) is 39.1 Å². The van der Waals surface area contributed by atoms with E-state index in [1.165, 1.54) is 32.1 Å². The lowest BCUT2D eigenvalue weighted by molar-refractivity contribution is 0.191. The first-order valence-corrected chi connectivity index (χ1v) is 7.92. The third kappa shape index (κ3) is 4.47. The number of hydrazone groups is 1. The summed E-state index contributed by atoms with van der Waals surface area (Å²) in [6.45, 7) is 3.42. The number of carbonyl (C=O) groups excluding carboxylic acids is 1. The van der Waals surface area contributed by atoms with E-state index in [-0.39, 0.29) is 6.03 Å². The normalized spacial score (nSPS) is 21.6. The number of hydrogen-bond acceptors (Lipinski definition) is 3. The van der Waals surface area contributed by atoms with Crippen LogP contribution in [0, 0.1) is 5.92 Å². The smallest absolute Gasteiger partial charge is 0.321 e. The second-order valence-corrected chi connectivity index (χ2v) is 6.21. The summed E-state index contributed by atoms with van der Waals surface area (Å²) in [5.41, 5.74) is 0. The summed E-state index contributed by atoms with van der Waals surface area (Å²) < 4.78 is 0. The number of nitrogens with zero attached hydrogens (tertiary/aromatic N) is 4. The van der Waals surface area contributed by atoms with Gasteiger partial charge in [-0.15, -0.1) is 0 Å². The monoisotopic (exact) mass is 280 g/mol. The molecule has 2 rings (SSSR count). The molecule has 0 radical (unpaired) electrons. The molecule has 2 fully saturated rings. The molecular weight excluding hydrogens is 252 g/mol. The fourth-order valence-electron chi connectivity index (χ4n) is 2.92. The van der Waals surface area contributed by atoms with Crippen LogP contribution in [0.25, 0.3) is 0 Å². The first-order valence-electron chi connectivity index (χ1n) is 7.92. The van der Waals surface area contributed by atoms with Gasteiger partial charge in [-0.3, -0.25) is 0 Å². The minimum Gasteiger partial charge on any atom is -0.321 e. The number of rotatable bonds is 6. The fraction of sp³-hybridized carbons (Fsp3) is 0.867. The van der Waals surface area contributed by atoms with Gasteiger partial charge in [0.1, 0.15) is 0 Å². The lowest BCUT2D eigenvalue weighted by Gasteiger charge is -2.19. The van der Waals surface area contributed by atoms with Crippen molar-refractivity contribution in [2.24, 2.45) is 11.0 Å². The molecule has 0 aromatic rings. The van der Waals surface area contributed by atoms with Crippen LogP contribution < -0.4 is 0 Å². The summed E-state index contributed by atoms with van der Waals surface area (Å²) in [5.74, 6) is 0.583. The molecule has 1 saturated carbocycles. The summed E-state index contributed by atoms with van der Waals surface area (Å²) in [6, 6.07) is 0.0795. The predicted molar refractivity (Wildman–Crippen MR) is 81.9 cm³/mol. The van der Waals surface area contributed by atoms with E-state index in [1.54, 1.807) is 5.01 Å². The van der Waals surface area contributed by atoms with Crippen molar-refractivity contribution in [1.29, 1.82) is 0 Å². The minimum atomic E-state index is 0.0795. The Labute approximate surface area is 122 Å². The fourth-order valence-corrected chi connectivity index (χ4v) is 2.92. The van der Waals surface area contributed by atoms with Gasteiger partial charge in [0.2, 0.25) is 0 Å². The molecule has 20 heavy (non-hydrogen) atoms. The van der Waals surface area contributed by atoms with Crippen molar-refractivity contribution in [2.45, 2.75) is 38.5 Å². The maximum absolute atomic E-state index is 12.2. The van der Waals surface area contributed by atoms with Gasteiger partial charge in [0, 0.05) is 19.3 Å². The third-order valence-electron chi connectivity index (χ3n) is 4.17. The van der Waals surface area contributed by atoms with Crippen LogP contribution in [-0.4, -0.2) is 67.3 Å². The van der Waals surface area contributed by atoms with Crippen LogP contribution in [0.2, 0.25) is 0 Å². The summed E-state index contributed by atoms with van der Waals surface area (Å²) in [4.78, 5) is 16.2. The van der Waals surface area contributed by atoms with Crippen LogP contribution in [0.4, 0.5) is 4.79 Å². The number of carbonyl (C=O) groups is 1. The molecule has 1 aliphatic heterocycles. The first-order chi connectivity index (χ1) is 9.66. The average Bonchev–Trinajstić information content (AvgIpc) is 2.79. The zero-order valence-corrected chi connectivity index (χ0v) is 12.9. The van der Waals surface area contributed by atoms with Gasteiger partial charge in [0.25, 0.3) is 0 Å². The molecule has 0 aromatic carbocycles. The van der Waals surface area contributed by atoms with Crippen LogP contribution in [0.3, 0.4) is 0 Å². The Kier molecular flexibility index (Phi) is 5.83. The van der Waals surface area contributed by atoms with Gasteiger partial charge in [-0.1, -0.05) is 19.3 Å². The molecular formula is C15H28N4O. The molecule has 5 nitrogen and oxygen atoms in total. The van der Waals surface area contributed by atoms with Crippen LogP contribution >= 0.6 is 0 Å². The first kappa shape index (κ1) is 15.3. The largest absolute Gasteiger partial charge is 0.340 e. The molecule has 1 heterocycles. The molecule has 0 spiro atoms. The van der Waals surface area contributed by atoms with E-state index in [4.69, 9.17) is 0 Å². The van der Waals surface area contributed by atoms with Crippen LogP contribution in [0.1, 0.15) is 38.5 Å². The molecule has 0 bridgehead atoms. The minimum absolute atomic E-state index is 0.0795. The highest BCUT2D eigenvalue weighted by Gasteiger charge is 2.27. The van der Waals surface area contributed by atoms with Gasteiger partial charge < -0.3 is 9.80 Å². The molecule has 2 aliphatic rings. The quantitative estimate of drug-likeness (QED) is 0.700. The zero-order chi connectivity index (χ0) is 14.4. The Balaban J connectivity index is 1.74. The highest BCUT2D eigenvalue weighted by atomic mass is 16.2. The van der Waals surface area contributed by atoms with Gasteiger partial charge >= 0.3 is 6.03 Å². The molecule has 0 atom stereocenters. The Hall–Kier alpha value is -1.10. The Bertz CT molecular complexity index is 337. The molecule has 1 aliphatic carbocycles. The summed E-state index contributed by atoms with van der Waals surface area (Å²) in [6.07, 6.45) is 9.48. The SMILES string of the molecule is CN(C)CCCN1CCN(/N=C/C2CCCCC2)C1=O.